The molecule has 32 heavy (non-hydrogen) atoms. The zero-order valence-corrected chi connectivity index (χ0v) is 20.3. The summed E-state index contributed by atoms with van der Waals surface area (Å²) in [6.07, 6.45) is 1.15. The van der Waals surface area contributed by atoms with Gasteiger partial charge in [0.2, 0.25) is 0 Å². The van der Waals surface area contributed by atoms with E-state index in [1.165, 1.54) is 16.7 Å². The van der Waals surface area contributed by atoms with Gasteiger partial charge in [0, 0.05) is 42.3 Å². The highest BCUT2D eigenvalue weighted by Crippen LogP contribution is 2.25. The van der Waals surface area contributed by atoms with Gasteiger partial charge in [-0.25, -0.2) is 9.78 Å². The van der Waals surface area contributed by atoms with Crippen molar-refractivity contribution in [2.45, 2.75) is 58.4 Å². The van der Waals surface area contributed by atoms with Gasteiger partial charge in [0.1, 0.15) is 16.2 Å². The second kappa shape index (κ2) is 9.78. The molecule has 9 nitrogen and oxygen atoms in total. The molecular formula is C22H32N4O5S. The first kappa shape index (κ1) is 24.5. The van der Waals surface area contributed by atoms with Crippen molar-refractivity contribution < 1.29 is 18.8 Å². The van der Waals surface area contributed by atoms with Crippen LogP contribution in [0, 0.1) is 0 Å². The highest BCUT2D eigenvalue weighted by molar-refractivity contribution is 7.90. The lowest BCUT2D eigenvalue weighted by Crippen LogP contribution is -2.41. The molecule has 1 N–H and O–H groups in total. The Morgan fingerprint density at radius 2 is 1.91 bits per heavy atom. The summed E-state index contributed by atoms with van der Waals surface area (Å²) in [7, 11) is 0. The Morgan fingerprint density at radius 1 is 1.25 bits per heavy atom. The lowest BCUT2D eigenvalue weighted by Gasteiger charge is -2.29. The molecule has 3 rings (SSSR count). The topological polar surface area (TPSA) is 108 Å². The van der Waals surface area contributed by atoms with Crippen LogP contribution >= 0.6 is 0 Å². The summed E-state index contributed by atoms with van der Waals surface area (Å²) in [6, 6.07) is 2.68. The SMILES string of the molecule is CC(C)OC(=O)c1cc(C(C)N[S@+]([O-])C(C)(C)C)c2nc(N3CCOCC3)cc(=O)n2c1. The molecule has 1 aliphatic rings. The second-order valence-electron chi connectivity index (χ2n) is 9.10. The summed E-state index contributed by atoms with van der Waals surface area (Å²) in [5.74, 6) is 0.0256. The van der Waals surface area contributed by atoms with Gasteiger partial charge in [0.15, 0.2) is 0 Å². The average Bonchev–Trinajstić information content (AvgIpc) is 2.72. The van der Waals surface area contributed by atoms with E-state index in [-0.39, 0.29) is 17.2 Å². The van der Waals surface area contributed by atoms with E-state index in [1.807, 2.05) is 32.6 Å². The predicted molar refractivity (Wildman–Crippen MR) is 124 cm³/mol. The van der Waals surface area contributed by atoms with Crippen molar-refractivity contribution in [3.05, 3.63) is 39.8 Å². The second-order valence-corrected chi connectivity index (χ2v) is 11.1. The van der Waals surface area contributed by atoms with Gasteiger partial charge >= 0.3 is 5.97 Å². The van der Waals surface area contributed by atoms with Crippen LogP contribution in [0.15, 0.2) is 23.1 Å². The van der Waals surface area contributed by atoms with Gasteiger partial charge in [-0.3, -0.25) is 9.20 Å². The number of fused-ring (bicyclic) bond motifs is 1. The molecule has 10 heteroatoms. The molecule has 1 unspecified atom stereocenters. The summed E-state index contributed by atoms with van der Waals surface area (Å²) in [5, 5.41) is 0. The number of carbonyl (C=O) groups excluding carboxylic acids is 1. The zero-order chi connectivity index (χ0) is 23.6. The molecule has 2 aromatic rings. The maximum atomic E-state index is 13.0. The Bertz CT molecular complexity index is 1030. The molecule has 1 aliphatic heterocycles. The highest BCUT2D eigenvalue weighted by atomic mass is 32.2. The molecule has 1 fully saturated rings. The number of ether oxygens (including phenoxy) is 2. The van der Waals surface area contributed by atoms with E-state index in [9.17, 15) is 14.1 Å². The van der Waals surface area contributed by atoms with E-state index in [0.717, 1.165) is 0 Å². The van der Waals surface area contributed by atoms with E-state index >= 15 is 0 Å². The van der Waals surface area contributed by atoms with E-state index in [4.69, 9.17) is 14.5 Å². The lowest BCUT2D eigenvalue weighted by atomic mass is 10.1. The smallest absolute Gasteiger partial charge is 0.339 e. The highest BCUT2D eigenvalue weighted by Gasteiger charge is 2.30. The molecular weight excluding hydrogens is 432 g/mol. The summed E-state index contributed by atoms with van der Waals surface area (Å²) in [4.78, 5) is 32.4. The van der Waals surface area contributed by atoms with Crippen LogP contribution in [0.5, 0.6) is 0 Å². The summed E-state index contributed by atoms with van der Waals surface area (Å²) >= 11 is -1.36. The molecule has 0 bridgehead atoms. The van der Waals surface area contributed by atoms with Gasteiger partial charge in [-0.2, -0.15) is 0 Å². The van der Waals surface area contributed by atoms with Crippen molar-refractivity contribution in [1.82, 2.24) is 14.1 Å². The van der Waals surface area contributed by atoms with E-state index in [0.29, 0.717) is 43.3 Å². The standard InChI is InChI=1S/C22H32N4O5S/c1-14(2)31-21(28)16-11-17(15(3)24-32(29)22(4,5)6)20-23-18(12-19(27)26(20)13-16)25-7-9-30-10-8-25/h11-15,24H,7-10H2,1-6H3/t15?,32-/m1/s1. The molecule has 1 saturated heterocycles. The number of anilines is 1. The van der Waals surface area contributed by atoms with Gasteiger partial charge in [-0.15, -0.1) is 4.72 Å². The van der Waals surface area contributed by atoms with Gasteiger partial charge in [0.25, 0.3) is 5.56 Å². The van der Waals surface area contributed by atoms with Crippen LogP contribution in [-0.2, 0) is 20.8 Å². The molecule has 0 amide bonds. The molecule has 3 heterocycles. The number of nitrogens with zero attached hydrogens (tertiary/aromatic N) is 3. The number of hydrogen-bond donors (Lipinski definition) is 1. The molecule has 0 saturated carbocycles. The Kier molecular flexibility index (Phi) is 7.49. The number of pyridine rings is 1. The predicted octanol–water partition coefficient (Wildman–Crippen LogP) is 2.21. The minimum atomic E-state index is -1.36. The van der Waals surface area contributed by atoms with Gasteiger partial charge in [0.05, 0.1) is 30.9 Å². The van der Waals surface area contributed by atoms with Crippen LogP contribution in [0.4, 0.5) is 5.82 Å². The van der Waals surface area contributed by atoms with Gasteiger partial charge in [-0.05, 0) is 47.6 Å². The Morgan fingerprint density at radius 3 is 2.50 bits per heavy atom. The number of nitrogens with one attached hydrogen (secondary N) is 1. The monoisotopic (exact) mass is 464 g/mol. The maximum Gasteiger partial charge on any atom is 0.339 e. The molecule has 0 radical (unpaired) electrons. The van der Waals surface area contributed by atoms with Crippen molar-refractivity contribution in [3.8, 4) is 0 Å². The van der Waals surface area contributed by atoms with Crippen molar-refractivity contribution in [1.29, 1.82) is 0 Å². The van der Waals surface area contributed by atoms with E-state index < -0.39 is 28.1 Å². The quantitative estimate of drug-likeness (QED) is 0.512. The fourth-order valence-corrected chi connectivity index (χ4v) is 4.09. The van der Waals surface area contributed by atoms with E-state index in [1.54, 1.807) is 19.9 Å². The van der Waals surface area contributed by atoms with Crippen LogP contribution in [0.3, 0.4) is 0 Å². The molecule has 176 valence electrons. The molecule has 2 atom stereocenters. The normalized spacial score (nSPS) is 16.9. The third-order valence-corrected chi connectivity index (χ3v) is 6.68. The van der Waals surface area contributed by atoms with Gasteiger partial charge in [-0.1, -0.05) is 0 Å². The Balaban J connectivity index is 2.13. The molecule has 2 aromatic heterocycles. The minimum Gasteiger partial charge on any atom is -0.598 e. The molecule has 0 aliphatic carbocycles. The van der Waals surface area contributed by atoms with Crippen LogP contribution in [-0.4, -0.2) is 57.1 Å². The zero-order valence-electron chi connectivity index (χ0n) is 19.5. The van der Waals surface area contributed by atoms with Crippen molar-refractivity contribution in [2.75, 3.05) is 31.2 Å². The summed E-state index contributed by atoms with van der Waals surface area (Å²) < 4.78 is 27.4. The number of esters is 1. The first-order valence-electron chi connectivity index (χ1n) is 10.8. The minimum absolute atomic E-state index is 0.236. The van der Waals surface area contributed by atoms with Gasteiger partial charge < -0.3 is 18.9 Å². The largest absolute Gasteiger partial charge is 0.598 e. The van der Waals surface area contributed by atoms with Crippen LogP contribution in [0.1, 0.15) is 63.5 Å². The van der Waals surface area contributed by atoms with E-state index in [2.05, 4.69) is 4.72 Å². The Labute approximate surface area is 191 Å². The van der Waals surface area contributed by atoms with Crippen molar-refractivity contribution >= 4 is 28.8 Å². The maximum absolute atomic E-state index is 13.0. The third-order valence-electron chi connectivity index (χ3n) is 5.00. The van der Waals surface area contributed by atoms with Crippen LogP contribution in [0.2, 0.25) is 0 Å². The molecule has 0 spiro atoms. The summed E-state index contributed by atoms with van der Waals surface area (Å²) in [5.41, 5.74) is 0.930. The van der Waals surface area contributed by atoms with Crippen molar-refractivity contribution in [3.63, 3.8) is 0 Å². The Hall–Kier alpha value is -2.14. The number of morpholine rings is 1. The fraction of sp³-hybridized carbons (Fsp3) is 0.591. The molecule has 0 aromatic carbocycles. The number of carbonyl (C=O) groups is 1. The first-order valence-corrected chi connectivity index (χ1v) is 11.9. The number of aromatic nitrogens is 2. The number of hydrogen-bond acceptors (Lipinski definition) is 8. The fourth-order valence-electron chi connectivity index (χ4n) is 3.28. The number of rotatable bonds is 6. The van der Waals surface area contributed by atoms with Crippen molar-refractivity contribution in [2.24, 2.45) is 0 Å². The lowest BCUT2D eigenvalue weighted by molar-refractivity contribution is 0.0377. The van der Waals surface area contributed by atoms with Crippen LogP contribution < -0.4 is 15.2 Å². The first-order chi connectivity index (χ1) is 15.0. The average molecular weight is 465 g/mol. The van der Waals surface area contributed by atoms with Crippen LogP contribution in [0.25, 0.3) is 5.65 Å². The summed E-state index contributed by atoms with van der Waals surface area (Å²) in [6.45, 7) is 13.4. The third kappa shape index (κ3) is 5.61.